The van der Waals surface area contributed by atoms with Gasteiger partial charge in [-0.25, -0.2) is 0 Å². The molecule has 0 aliphatic carbocycles. The van der Waals surface area contributed by atoms with E-state index in [2.05, 4.69) is 62.9 Å². The number of hydrogen-bond acceptors (Lipinski definition) is 3. The van der Waals surface area contributed by atoms with Crippen molar-refractivity contribution in [2.24, 2.45) is 5.73 Å². The molecule has 1 aromatic carbocycles. The Bertz CT molecular complexity index is 401. The normalized spacial score (nSPS) is 13.2. The molecule has 1 aromatic rings. The molecule has 1 rings (SSSR count). The van der Waals surface area contributed by atoms with E-state index in [0.717, 1.165) is 26.2 Å². The highest BCUT2D eigenvalue weighted by Gasteiger charge is 2.13. The zero-order valence-electron chi connectivity index (χ0n) is 13.8. The summed E-state index contributed by atoms with van der Waals surface area (Å²) in [6.45, 7) is 10.7. The van der Waals surface area contributed by atoms with Crippen LogP contribution in [0, 0.1) is 13.8 Å². The maximum atomic E-state index is 6.42. The molecule has 0 fully saturated rings. The number of nitrogens with zero attached hydrogens (tertiary/aromatic N) is 2. The van der Waals surface area contributed by atoms with Crippen LogP contribution >= 0.6 is 0 Å². The molecule has 0 saturated heterocycles. The van der Waals surface area contributed by atoms with Crippen LogP contribution in [0.2, 0.25) is 0 Å². The fraction of sp³-hybridized carbons (Fsp3) is 0.647. The van der Waals surface area contributed by atoms with Gasteiger partial charge < -0.3 is 15.5 Å². The van der Waals surface area contributed by atoms with E-state index in [-0.39, 0.29) is 6.04 Å². The molecule has 0 aliphatic heterocycles. The van der Waals surface area contributed by atoms with Crippen LogP contribution in [-0.4, -0.2) is 50.1 Å². The second kappa shape index (κ2) is 8.40. The summed E-state index contributed by atoms with van der Waals surface area (Å²) in [5.74, 6) is 0. The third-order valence-electron chi connectivity index (χ3n) is 3.82. The van der Waals surface area contributed by atoms with Gasteiger partial charge in [0.25, 0.3) is 0 Å². The van der Waals surface area contributed by atoms with E-state index < -0.39 is 0 Å². The van der Waals surface area contributed by atoms with Gasteiger partial charge in [-0.15, -0.1) is 0 Å². The van der Waals surface area contributed by atoms with Crippen LogP contribution in [0.4, 0.5) is 0 Å². The molecule has 0 spiro atoms. The van der Waals surface area contributed by atoms with Crippen molar-refractivity contribution in [3.63, 3.8) is 0 Å². The van der Waals surface area contributed by atoms with Crippen LogP contribution in [0.1, 0.15) is 36.1 Å². The predicted octanol–water partition coefficient (Wildman–Crippen LogP) is 2.58. The van der Waals surface area contributed by atoms with E-state index in [9.17, 15) is 0 Å². The molecule has 0 aromatic heterocycles. The predicted molar refractivity (Wildman–Crippen MR) is 88.1 cm³/mol. The molecule has 0 bridgehead atoms. The Morgan fingerprint density at radius 2 is 1.85 bits per heavy atom. The van der Waals surface area contributed by atoms with Crippen LogP contribution < -0.4 is 5.73 Å². The summed E-state index contributed by atoms with van der Waals surface area (Å²) < 4.78 is 0. The molecule has 0 amide bonds. The second-order valence-electron chi connectivity index (χ2n) is 6.02. The number of hydrogen-bond donors (Lipinski definition) is 1. The highest BCUT2D eigenvalue weighted by Crippen LogP contribution is 2.18. The lowest BCUT2D eigenvalue weighted by atomic mass is 9.99. The minimum Gasteiger partial charge on any atom is -0.323 e. The Labute approximate surface area is 124 Å². The van der Waals surface area contributed by atoms with Gasteiger partial charge in [0.2, 0.25) is 0 Å². The van der Waals surface area contributed by atoms with Crippen LogP contribution in [0.5, 0.6) is 0 Å². The molecule has 3 heteroatoms. The van der Waals surface area contributed by atoms with E-state index in [0.29, 0.717) is 0 Å². The van der Waals surface area contributed by atoms with Crippen molar-refractivity contribution in [3.8, 4) is 0 Å². The third kappa shape index (κ3) is 5.61. The fourth-order valence-corrected chi connectivity index (χ4v) is 2.52. The average molecular weight is 277 g/mol. The number of nitrogens with two attached hydrogens (primary N) is 1. The molecule has 20 heavy (non-hydrogen) atoms. The molecule has 2 N–H and O–H groups in total. The first kappa shape index (κ1) is 17.2. The zero-order valence-corrected chi connectivity index (χ0v) is 13.8. The van der Waals surface area contributed by atoms with E-state index in [1.54, 1.807) is 0 Å². The highest BCUT2D eigenvalue weighted by atomic mass is 15.1. The Morgan fingerprint density at radius 1 is 1.15 bits per heavy atom. The maximum absolute atomic E-state index is 6.42. The Hall–Kier alpha value is -0.900. The van der Waals surface area contributed by atoms with Gasteiger partial charge >= 0.3 is 0 Å². The van der Waals surface area contributed by atoms with Crippen molar-refractivity contribution in [2.75, 3.05) is 40.3 Å². The lowest BCUT2D eigenvalue weighted by Crippen LogP contribution is -2.34. The largest absolute Gasteiger partial charge is 0.323 e. The van der Waals surface area contributed by atoms with Crippen LogP contribution in [0.15, 0.2) is 18.2 Å². The fourth-order valence-electron chi connectivity index (χ4n) is 2.52. The second-order valence-corrected chi connectivity index (χ2v) is 6.02. The van der Waals surface area contributed by atoms with Gasteiger partial charge in [0, 0.05) is 12.6 Å². The minimum atomic E-state index is 0.106. The smallest absolute Gasteiger partial charge is 0.0427 e. The van der Waals surface area contributed by atoms with Gasteiger partial charge in [0.15, 0.2) is 0 Å². The Balaban J connectivity index is 2.57. The standard InChI is InChI=1S/C17H31N3/c1-6-20(11-7-10-19(4)5)13-17(18)16-12-14(2)8-9-15(16)3/h8-9,12,17H,6-7,10-11,13,18H2,1-5H3. The van der Waals surface area contributed by atoms with Crippen molar-refractivity contribution in [1.29, 1.82) is 0 Å². The van der Waals surface area contributed by atoms with Crippen molar-refractivity contribution >= 4 is 0 Å². The van der Waals surface area contributed by atoms with Gasteiger partial charge in [-0.05, 0) is 65.1 Å². The number of benzene rings is 1. The summed E-state index contributed by atoms with van der Waals surface area (Å²) in [6.07, 6.45) is 1.19. The average Bonchev–Trinajstić information content (AvgIpc) is 2.39. The van der Waals surface area contributed by atoms with Gasteiger partial charge in [-0.2, -0.15) is 0 Å². The highest BCUT2D eigenvalue weighted by molar-refractivity contribution is 5.32. The minimum absolute atomic E-state index is 0.106. The summed E-state index contributed by atoms with van der Waals surface area (Å²) in [5.41, 5.74) is 10.3. The lowest BCUT2D eigenvalue weighted by Gasteiger charge is -2.26. The summed E-state index contributed by atoms with van der Waals surface area (Å²) >= 11 is 0. The van der Waals surface area contributed by atoms with E-state index >= 15 is 0 Å². The Kier molecular flexibility index (Phi) is 7.20. The van der Waals surface area contributed by atoms with Crippen molar-refractivity contribution in [1.82, 2.24) is 9.80 Å². The van der Waals surface area contributed by atoms with Gasteiger partial charge in [-0.1, -0.05) is 30.7 Å². The SMILES string of the molecule is CCN(CCCN(C)C)CC(N)c1cc(C)ccc1C. The Morgan fingerprint density at radius 3 is 2.45 bits per heavy atom. The molecule has 0 saturated carbocycles. The quantitative estimate of drug-likeness (QED) is 0.793. The summed E-state index contributed by atoms with van der Waals surface area (Å²) in [7, 11) is 4.25. The molecule has 1 unspecified atom stereocenters. The molecule has 114 valence electrons. The first-order chi connectivity index (χ1) is 9.43. The van der Waals surface area contributed by atoms with E-state index in [4.69, 9.17) is 5.73 Å². The summed E-state index contributed by atoms with van der Waals surface area (Å²) in [6, 6.07) is 6.66. The molecule has 1 atom stereocenters. The number of rotatable bonds is 8. The monoisotopic (exact) mass is 277 g/mol. The van der Waals surface area contributed by atoms with Crippen molar-refractivity contribution in [3.05, 3.63) is 34.9 Å². The van der Waals surface area contributed by atoms with E-state index in [1.165, 1.54) is 23.1 Å². The van der Waals surface area contributed by atoms with Gasteiger partial charge in [0.1, 0.15) is 0 Å². The molecule has 0 aliphatic rings. The van der Waals surface area contributed by atoms with Crippen molar-refractivity contribution < 1.29 is 0 Å². The van der Waals surface area contributed by atoms with Crippen LogP contribution in [0.3, 0.4) is 0 Å². The zero-order chi connectivity index (χ0) is 15.1. The molecule has 0 heterocycles. The van der Waals surface area contributed by atoms with Gasteiger partial charge in [0.05, 0.1) is 0 Å². The molecule has 0 radical (unpaired) electrons. The van der Waals surface area contributed by atoms with Crippen molar-refractivity contribution in [2.45, 2.75) is 33.2 Å². The molecular weight excluding hydrogens is 246 g/mol. The summed E-state index contributed by atoms with van der Waals surface area (Å²) in [4.78, 5) is 4.69. The van der Waals surface area contributed by atoms with Crippen LogP contribution in [-0.2, 0) is 0 Å². The first-order valence-corrected chi connectivity index (χ1v) is 7.63. The van der Waals surface area contributed by atoms with Crippen LogP contribution in [0.25, 0.3) is 0 Å². The summed E-state index contributed by atoms with van der Waals surface area (Å²) in [5, 5.41) is 0. The number of aryl methyl sites for hydroxylation is 2. The molecule has 3 nitrogen and oxygen atoms in total. The molecular formula is C17H31N3. The maximum Gasteiger partial charge on any atom is 0.0427 e. The number of likely N-dealkylation sites (N-methyl/N-ethyl adjacent to an activating group) is 1. The van der Waals surface area contributed by atoms with Gasteiger partial charge in [-0.3, -0.25) is 0 Å². The topological polar surface area (TPSA) is 32.5 Å². The van der Waals surface area contributed by atoms with E-state index in [1.807, 2.05) is 0 Å². The third-order valence-corrected chi connectivity index (χ3v) is 3.82. The first-order valence-electron chi connectivity index (χ1n) is 7.63. The lowest BCUT2D eigenvalue weighted by molar-refractivity contribution is 0.252.